The third-order valence-electron chi connectivity index (χ3n) is 6.33. The second-order valence-corrected chi connectivity index (χ2v) is 8.00. The van der Waals surface area contributed by atoms with Gasteiger partial charge in [0.25, 0.3) is 5.91 Å². The molecule has 0 bridgehead atoms. The van der Waals surface area contributed by atoms with Crippen LogP contribution in [0.4, 0.5) is 0 Å². The summed E-state index contributed by atoms with van der Waals surface area (Å²) in [5, 5.41) is 3.40. The van der Waals surface area contributed by atoms with Crippen molar-refractivity contribution in [2.24, 2.45) is 5.41 Å². The lowest BCUT2D eigenvalue weighted by Gasteiger charge is -2.39. The van der Waals surface area contributed by atoms with E-state index in [4.69, 9.17) is 0 Å². The number of hydrogen-bond donors (Lipinski definition) is 1. The Kier molecular flexibility index (Phi) is 4.28. The van der Waals surface area contributed by atoms with Crippen LogP contribution < -0.4 is 5.32 Å². The van der Waals surface area contributed by atoms with Gasteiger partial charge in [-0.3, -0.25) is 9.59 Å². The second-order valence-electron chi connectivity index (χ2n) is 8.00. The molecule has 0 saturated carbocycles. The van der Waals surface area contributed by atoms with Gasteiger partial charge in [-0.1, -0.05) is 18.2 Å². The molecule has 1 N–H and O–H groups in total. The van der Waals surface area contributed by atoms with Gasteiger partial charge in [0, 0.05) is 50.6 Å². The van der Waals surface area contributed by atoms with Crippen LogP contribution in [0, 0.1) is 5.41 Å². The first kappa shape index (κ1) is 16.6. The van der Waals surface area contributed by atoms with Crippen LogP contribution in [0.25, 0.3) is 0 Å². The van der Waals surface area contributed by atoms with Crippen molar-refractivity contribution in [3.05, 3.63) is 35.4 Å². The Morgan fingerprint density at radius 2 is 2.00 bits per heavy atom. The van der Waals surface area contributed by atoms with Crippen molar-refractivity contribution in [2.75, 3.05) is 39.8 Å². The quantitative estimate of drug-likeness (QED) is 0.893. The highest BCUT2D eigenvalue weighted by Crippen LogP contribution is 2.40. The van der Waals surface area contributed by atoms with E-state index in [1.54, 1.807) is 0 Å². The number of likely N-dealkylation sites (tertiary alicyclic amines) is 2. The highest BCUT2D eigenvalue weighted by Gasteiger charge is 2.44. The lowest BCUT2D eigenvalue weighted by atomic mass is 9.77. The predicted molar refractivity (Wildman–Crippen MR) is 96.5 cm³/mol. The first-order valence-electron chi connectivity index (χ1n) is 9.41. The average Bonchev–Trinajstić information content (AvgIpc) is 3.24. The van der Waals surface area contributed by atoms with Gasteiger partial charge in [0.15, 0.2) is 0 Å². The summed E-state index contributed by atoms with van der Waals surface area (Å²) >= 11 is 0. The third kappa shape index (κ3) is 3.06. The smallest absolute Gasteiger partial charge is 0.254 e. The van der Waals surface area contributed by atoms with Crippen LogP contribution in [0.2, 0.25) is 0 Å². The zero-order valence-electron chi connectivity index (χ0n) is 15.0. The summed E-state index contributed by atoms with van der Waals surface area (Å²) in [7, 11) is 1.89. The van der Waals surface area contributed by atoms with Crippen molar-refractivity contribution in [1.82, 2.24) is 15.1 Å². The summed E-state index contributed by atoms with van der Waals surface area (Å²) < 4.78 is 0. The van der Waals surface area contributed by atoms with Gasteiger partial charge in [-0.25, -0.2) is 0 Å². The summed E-state index contributed by atoms with van der Waals surface area (Å²) in [4.78, 5) is 28.9. The highest BCUT2D eigenvalue weighted by atomic mass is 16.2. The van der Waals surface area contributed by atoms with Crippen molar-refractivity contribution in [2.45, 2.75) is 31.6 Å². The summed E-state index contributed by atoms with van der Waals surface area (Å²) in [6.45, 7) is 4.36. The number of rotatable bonds is 2. The van der Waals surface area contributed by atoms with Crippen molar-refractivity contribution < 1.29 is 9.59 Å². The molecule has 1 aromatic rings. The minimum Gasteiger partial charge on any atom is -0.345 e. The van der Waals surface area contributed by atoms with E-state index in [1.165, 1.54) is 5.56 Å². The molecule has 0 aliphatic carbocycles. The molecule has 0 aromatic heterocycles. The Hall–Kier alpha value is -1.88. The third-order valence-corrected chi connectivity index (χ3v) is 6.33. The van der Waals surface area contributed by atoms with Crippen LogP contribution in [0.1, 0.15) is 47.5 Å². The van der Waals surface area contributed by atoms with Gasteiger partial charge >= 0.3 is 0 Å². The number of carbonyl (C=O) groups is 2. The van der Waals surface area contributed by atoms with Gasteiger partial charge in [-0.15, -0.1) is 0 Å². The van der Waals surface area contributed by atoms with Gasteiger partial charge in [0.2, 0.25) is 5.91 Å². The van der Waals surface area contributed by atoms with Crippen LogP contribution >= 0.6 is 0 Å². The molecule has 3 heterocycles. The molecule has 2 amide bonds. The number of hydrogen-bond acceptors (Lipinski definition) is 3. The number of nitrogens with one attached hydrogen (secondary N) is 1. The molecule has 3 saturated heterocycles. The second kappa shape index (κ2) is 6.45. The van der Waals surface area contributed by atoms with Gasteiger partial charge in [0.1, 0.15) is 0 Å². The Labute approximate surface area is 149 Å². The Bertz CT molecular complexity index is 673. The molecule has 0 unspecified atom stereocenters. The largest absolute Gasteiger partial charge is 0.345 e. The fraction of sp³-hybridized carbons (Fsp3) is 0.600. The molecule has 3 aliphatic rings. The van der Waals surface area contributed by atoms with Gasteiger partial charge < -0.3 is 15.1 Å². The maximum Gasteiger partial charge on any atom is 0.254 e. The number of nitrogens with zero attached hydrogens (tertiary/aromatic N) is 2. The molecule has 1 spiro atoms. The van der Waals surface area contributed by atoms with E-state index in [-0.39, 0.29) is 17.2 Å². The lowest BCUT2D eigenvalue weighted by molar-refractivity contribution is -0.126. The SMILES string of the molecule is CN1CC2(CCN(C(=O)c3ccccc3[C@@H]3CCNC3)CC2)CC1=O. The van der Waals surface area contributed by atoms with Crippen molar-refractivity contribution in [1.29, 1.82) is 0 Å². The van der Waals surface area contributed by atoms with Crippen LogP contribution in [-0.4, -0.2) is 61.4 Å². The molecule has 4 rings (SSSR count). The summed E-state index contributed by atoms with van der Waals surface area (Å²) in [5.41, 5.74) is 2.15. The van der Waals surface area contributed by atoms with Gasteiger partial charge in [-0.05, 0) is 43.4 Å². The standard InChI is InChI=1S/C20H27N3O2/c1-22-14-20(12-18(22)24)7-10-23(11-8-20)19(25)17-5-3-2-4-16(17)15-6-9-21-13-15/h2-5,15,21H,6-14H2,1H3/t15-/m1/s1. The maximum atomic E-state index is 13.1. The number of benzene rings is 1. The van der Waals surface area contributed by atoms with E-state index in [0.29, 0.717) is 12.3 Å². The molecule has 134 valence electrons. The minimum atomic E-state index is 0.0947. The van der Waals surface area contributed by atoms with Crippen molar-refractivity contribution in [3.8, 4) is 0 Å². The molecule has 5 nitrogen and oxygen atoms in total. The van der Waals surface area contributed by atoms with E-state index in [2.05, 4.69) is 11.4 Å². The monoisotopic (exact) mass is 341 g/mol. The first-order chi connectivity index (χ1) is 12.1. The lowest BCUT2D eigenvalue weighted by Crippen LogP contribution is -2.44. The molecular formula is C20H27N3O2. The summed E-state index contributed by atoms with van der Waals surface area (Å²) in [5.74, 6) is 0.853. The fourth-order valence-corrected chi connectivity index (χ4v) is 4.76. The summed E-state index contributed by atoms with van der Waals surface area (Å²) in [6, 6.07) is 8.10. The minimum absolute atomic E-state index is 0.0947. The molecule has 3 aliphatic heterocycles. The van der Waals surface area contributed by atoms with Gasteiger partial charge in [-0.2, -0.15) is 0 Å². The zero-order valence-corrected chi connectivity index (χ0v) is 15.0. The van der Waals surface area contributed by atoms with Crippen LogP contribution in [0.3, 0.4) is 0 Å². The molecule has 25 heavy (non-hydrogen) atoms. The topological polar surface area (TPSA) is 52.6 Å². The van der Waals surface area contributed by atoms with E-state index in [9.17, 15) is 9.59 Å². The number of amides is 2. The van der Waals surface area contributed by atoms with Crippen molar-refractivity contribution >= 4 is 11.8 Å². The molecule has 1 aromatic carbocycles. The molecule has 5 heteroatoms. The Morgan fingerprint density at radius 1 is 1.24 bits per heavy atom. The van der Waals surface area contributed by atoms with Crippen LogP contribution in [-0.2, 0) is 4.79 Å². The highest BCUT2D eigenvalue weighted by molar-refractivity contribution is 5.96. The zero-order chi connectivity index (χ0) is 17.4. The number of carbonyl (C=O) groups excluding carboxylic acids is 2. The fourth-order valence-electron chi connectivity index (χ4n) is 4.76. The molecule has 3 fully saturated rings. The van der Waals surface area contributed by atoms with Crippen LogP contribution in [0.15, 0.2) is 24.3 Å². The molecule has 1 atom stereocenters. The predicted octanol–water partition coefficient (Wildman–Crippen LogP) is 1.85. The average molecular weight is 341 g/mol. The Balaban J connectivity index is 1.47. The van der Waals surface area contributed by atoms with E-state index in [0.717, 1.165) is 57.5 Å². The summed E-state index contributed by atoms with van der Waals surface area (Å²) in [6.07, 6.45) is 3.61. The normalized spacial score (nSPS) is 25.8. The van der Waals surface area contributed by atoms with E-state index < -0.39 is 0 Å². The molecule has 0 radical (unpaired) electrons. The number of piperidine rings is 1. The van der Waals surface area contributed by atoms with E-state index >= 15 is 0 Å². The van der Waals surface area contributed by atoms with Crippen LogP contribution in [0.5, 0.6) is 0 Å². The van der Waals surface area contributed by atoms with Crippen molar-refractivity contribution in [3.63, 3.8) is 0 Å². The molecular weight excluding hydrogens is 314 g/mol. The van der Waals surface area contributed by atoms with E-state index in [1.807, 2.05) is 35.0 Å². The maximum absolute atomic E-state index is 13.1. The first-order valence-corrected chi connectivity index (χ1v) is 9.41. The Morgan fingerprint density at radius 3 is 2.64 bits per heavy atom. The van der Waals surface area contributed by atoms with Gasteiger partial charge in [0.05, 0.1) is 0 Å².